The molecule has 0 saturated carbocycles. The lowest BCUT2D eigenvalue weighted by Gasteiger charge is -2.30. The van der Waals surface area contributed by atoms with E-state index >= 15 is 0 Å². The maximum absolute atomic E-state index is 12.9. The molecule has 12 heteroatoms. The summed E-state index contributed by atoms with van der Waals surface area (Å²) >= 11 is 0. The number of ether oxygens (including phenoxy) is 2. The Kier molecular flexibility index (Phi) is 10.7. The molecular formula is C25H27N3O9. The van der Waals surface area contributed by atoms with E-state index in [0.717, 1.165) is 5.56 Å². The van der Waals surface area contributed by atoms with Crippen molar-refractivity contribution in [3.05, 3.63) is 78.0 Å². The zero-order valence-corrected chi connectivity index (χ0v) is 20.1. The predicted octanol–water partition coefficient (Wildman–Crippen LogP) is 3.50. The number of carboxylic acids is 2. The second kappa shape index (κ2) is 13.9. The van der Waals surface area contributed by atoms with Gasteiger partial charge in [0.2, 0.25) is 0 Å². The summed E-state index contributed by atoms with van der Waals surface area (Å²) in [5, 5.41) is 28.1. The van der Waals surface area contributed by atoms with Crippen molar-refractivity contribution in [3.63, 3.8) is 0 Å². The van der Waals surface area contributed by atoms with Crippen LogP contribution in [-0.4, -0.2) is 58.0 Å². The van der Waals surface area contributed by atoms with Crippen LogP contribution in [0.15, 0.2) is 66.9 Å². The molecule has 0 bridgehead atoms. The van der Waals surface area contributed by atoms with Crippen LogP contribution < -0.4 is 20.2 Å². The molecule has 196 valence electrons. The van der Waals surface area contributed by atoms with Crippen molar-refractivity contribution in [2.45, 2.75) is 19.4 Å². The molecular weight excluding hydrogens is 486 g/mol. The first-order valence-corrected chi connectivity index (χ1v) is 11.0. The topological polar surface area (TPSA) is 175 Å². The third kappa shape index (κ3) is 9.03. The first-order chi connectivity index (χ1) is 17.6. The Hall–Kier alpha value is -4.84. The van der Waals surface area contributed by atoms with Crippen molar-refractivity contribution in [2.75, 3.05) is 19.0 Å². The number of rotatable bonds is 8. The van der Waals surface area contributed by atoms with E-state index in [4.69, 9.17) is 24.8 Å². The molecule has 0 aromatic heterocycles. The number of anilines is 1. The summed E-state index contributed by atoms with van der Waals surface area (Å²) in [7, 11) is 1.59. The zero-order chi connectivity index (χ0) is 27.4. The van der Waals surface area contributed by atoms with Crippen LogP contribution >= 0.6 is 0 Å². The number of methoxy groups -OCH3 is 1. The van der Waals surface area contributed by atoms with Crippen LogP contribution in [0.3, 0.4) is 0 Å². The number of carbonyl (C=O) groups is 4. The summed E-state index contributed by atoms with van der Waals surface area (Å²) in [6.45, 7) is 2.42. The van der Waals surface area contributed by atoms with Crippen molar-refractivity contribution in [2.24, 2.45) is 0 Å². The molecule has 1 aliphatic rings. The fourth-order valence-electron chi connectivity index (χ4n) is 3.22. The number of benzene rings is 2. The van der Waals surface area contributed by atoms with Gasteiger partial charge in [0.15, 0.2) is 11.5 Å². The molecule has 12 nitrogen and oxygen atoms in total. The minimum Gasteiger partial charge on any atom is -0.493 e. The lowest BCUT2D eigenvalue weighted by Crippen LogP contribution is -2.43. The SMILES string of the molecule is CCOc1cc(C2CC=CN(C(=O)c3cccc(NC(=O)O)c3)N2)ccc1OC.O=C(O)/C=C/C(=O)O. The van der Waals surface area contributed by atoms with Crippen molar-refractivity contribution in [1.82, 2.24) is 10.4 Å². The number of hydrogen-bond donors (Lipinski definition) is 5. The van der Waals surface area contributed by atoms with Gasteiger partial charge in [0, 0.05) is 29.6 Å². The van der Waals surface area contributed by atoms with Gasteiger partial charge in [0.1, 0.15) is 0 Å². The van der Waals surface area contributed by atoms with E-state index in [0.29, 0.717) is 47.9 Å². The third-order valence-electron chi connectivity index (χ3n) is 4.76. The van der Waals surface area contributed by atoms with Crippen LogP contribution in [0.4, 0.5) is 10.5 Å². The van der Waals surface area contributed by atoms with Crippen LogP contribution in [0.2, 0.25) is 0 Å². The monoisotopic (exact) mass is 513 g/mol. The second-order valence-corrected chi connectivity index (χ2v) is 7.34. The van der Waals surface area contributed by atoms with Gasteiger partial charge in [-0.25, -0.2) is 24.8 Å². The van der Waals surface area contributed by atoms with Gasteiger partial charge in [-0.05, 0) is 49.2 Å². The third-order valence-corrected chi connectivity index (χ3v) is 4.76. The molecule has 37 heavy (non-hydrogen) atoms. The van der Waals surface area contributed by atoms with E-state index in [1.165, 1.54) is 11.1 Å². The van der Waals surface area contributed by atoms with Crippen LogP contribution in [0, 0.1) is 0 Å². The van der Waals surface area contributed by atoms with Gasteiger partial charge in [0.05, 0.1) is 19.8 Å². The molecule has 0 radical (unpaired) electrons. The number of aliphatic carboxylic acids is 2. The zero-order valence-electron chi connectivity index (χ0n) is 20.1. The lowest BCUT2D eigenvalue weighted by atomic mass is 10.0. The number of nitrogens with zero attached hydrogens (tertiary/aromatic N) is 1. The average molecular weight is 514 g/mol. The highest BCUT2D eigenvalue weighted by Gasteiger charge is 2.23. The van der Waals surface area contributed by atoms with Gasteiger partial charge >= 0.3 is 18.0 Å². The molecule has 1 heterocycles. The Balaban J connectivity index is 0.000000521. The minimum absolute atomic E-state index is 0.130. The van der Waals surface area contributed by atoms with E-state index in [9.17, 15) is 19.2 Å². The highest BCUT2D eigenvalue weighted by Crippen LogP contribution is 2.32. The molecule has 0 aliphatic carbocycles. The summed E-state index contributed by atoms with van der Waals surface area (Å²) in [5.41, 5.74) is 4.85. The number of carboxylic acid groups (broad SMARTS) is 3. The number of amides is 2. The van der Waals surface area contributed by atoms with Crippen LogP contribution in [-0.2, 0) is 9.59 Å². The smallest absolute Gasteiger partial charge is 0.409 e. The van der Waals surface area contributed by atoms with Crippen LogP contribution in [0.1, 0.15) is 35.3 Å². The van der Waals surface area contributed by atoms with Gasteiger partial charge in [-0.3, -0.25) is 10.1 Å². The van der Waals surface area contributed by atoms with E-state index in [1.807, 2.05) is 31.2 Å². The molecule has 1 aliphatic heterocycles. The van der Waals surface area contributed by atoms with Crippen LogP contribution in [0.5, 0.6) is 11.5 Å². The summed E-state index contributed by atoms with van der Waals surface area (Å²) in [4.78, 5) is 42.8. The highest BCUT2D eigenvalue weighted by molar-refractivity contribution is 5.96. The summed E-state index contributed by atoms with van der Waals surface area (Å²) in [6, 6.07) is 11.9. The maximum atomic E-state index is 12.9. The molecule has 0 saturated heterocycles. The minimum atomic E-state index is -1.26. The average Bonchev–Trinajstić information content (AvgIpc) is 2.87. The van der Waals surface area contributed by atoms with Gasteiger partial charge in [-0.1, -0.05) is 18.2 Å². The summed E-state index contributed by atoms with van der Waals surface area (Å²) in [5.74, 6) is -1.51. The molecule has 3 rings (SSSR count). The van der Waals surface area contributed by atoms with Gasteiger partial charge in [-0.15, -0.1) is 0 Å². The van der Waals surface area contributed by atoms with E-state index in [-0.39, 0.29) is 11.9 Å². The van der Waals surface area contributed by atoms with Crippen molar-refractivity contribution < 1.29 is 44.0 Å². The van der Waals surface area contributed by atoms with Crippen molar-refractivity contribution >= 4 is 29.6 Å². The van der Waals surface area contributed by atoms with Gasteiger partial charge < -0.3 is 24.8 Å². The Morgan fingerprint density at radius 1 is 1.05 bits per heavy atom. The first-order valence-electron chi connectivity index (χ1n) is 11.0. The molecule has 1 unspecified atom stereocenters. The fraction of sp³-hybridized carbons (Fsp3) is 0.200. The Morgan fingerprint density at radius 2 is 1.76 bits per heavy atom. The lowest BCUT2D eigenvalue weighted by molar-refractivity contribution is -0.134. The number of hydrogen-bond acceptors (Lipinski definition) is 7. The highest BCUT2D eigenvalue weighted by atomic mass is 16.5. The molecule has 1 atom stereocenters. The molecule has 2 aromatic rings. The molecule has 2 aromatic carbocycles. The largest absolute Gasteiger partial charge is 0.493 e. The number of carbonyl (C=O) groups excluding carboxylic acids is 1. The number of hydrazine groups is 1. The number of nitrogens with one attached hydrogen (secondary N) is 2. The summed E-state index contributed by atoms with van der Waals surface area (Å²) in [6.07, 6.45) is 4.20. The molecule has 0 spiro atoms. The van der Waals surface area contributed by atoms with Gasteiger partial charge in [0.25, 0.3) is 5.91 Å². The first kappa shape index (κ1) is 28.4. The Morgan fingerprint density at radius 3 is 2.35 bits per heavy atom. The molecule has 2 amide bonds. The quantitative estimate of drug-likeness (QED) is 0.329. The van der Waals surface area contributed by atoms with E-state index < -0.39 is 18.0 Å². The van der Waals surface area contributed by atoms with E-state index in [2.05, 4.69) is 10.7 Å². The predicted molar refractivity (Wildman–Crippen MR) is 132 cm³/mol. The van der Waals surface area contributed by atoms with E-state index in [1.54, 1.807) is 31.5 Å². The molecule has 5 N–H and O–H groups in total. The fourth-order valence-corrected chi connectivity index (χ4v) is 3.22. The Bertz CT molecular complexity index is 1180. The Labute approximate surface area is 212 Å². The maximum Gasteiger partial charge on any atom is 0.409 e. The van der Waals surface area contributed by atoms with Crippen LogP contribution in [0.25, 0.3) is 0 Å². The van der Waals surface area contributed by atoms with Gasteiger partial charge in [-0.2, -0.15) is 0 Å². The summed E-state index contributed by atoms with van der Waals surface area (Å²) < 4.78 is 11.0. The van der Waals surface area contributed by atoms with Crippen molar-refractivity contribution in [3.8, 4) is 11.5 Å². The van der Waals surface area contributed by atoms with Crippen molar-refractivity contribution in [1.29, 1.82) is 0 Å². The second-order valence-electron chi connectivity index (χ2n) is 7.34. The standard InChI is InChI=1S/C21H23N3O5.C4H4O4/c1-3-29-19-13-14(9-10-18(19)28-2)17-8-5-11-24(23-17)20(25)15-6-4-7-16(12-15)22-21(26)27;5-3(6)1-2-4(7)8/h4-7,9-13,17,22-23H,3,8H2,1-2H3,(H,26,27);1-2H,(H,5,6)(H,7,8)/b;2-1+. The molecule has 0 fully saturated rings. The normalized spacial score (nSPS) is 14.3.